The molecule has 8 heteroatoms. The number of hydrogen-bond acceptors (Lipinski definition) is 6. The van der Waals surface area contributed by atoms with Crippen molar-refractivity contribution in [3.63, 3.8) is 0 Å². The Labute approximate surface area is 183 Å². The molecular formula is C23H20ClNO6. The van der Waals surface area contributed by atoms with Crippen LogP contribution in [0.25, 0.3) is 11.0 Å². The van der Waals surface area contributed by atoms with Crippen molar-refractivity contribution in [3.8, 4) is 5.75 Å². The lowest BCUT2D eigenvalue weighted by Gasteiger charge is -2.26. The molecule has 2 aromatic carbocycles. The summed E-state index contributed by atoms with van der Waals surface area (Å²) in [5.41, 5.74) is 0.994. The summed E-state index contributed by atoms with van der Waals surface area (Å²) in [6, 6.07) is 12.8. The lowest BCUT2D eigenvalue weighted by atomic mass is 9.95. The number of nitrogens with zero attached hydrogens (tertiary/aromatic N) is 1. The van der Waals surface area contributed by atoms with Crippen molar-refractivity contribution in [3.05, 3.63) is 76.2 Å². The van der Waals surface area contributed by atoms with Gasteiger partial charge in [0.15, 0.2) is 22.9 Å². The maximum Gasteiger partial charge on any atom is 0.290 e. The third-order valence-corrected chi connectivity index (χ3v) is 5.47. The number of aliphatic hydroxyl groups is 1. The van der Waals surface area contributed by atoms with Gasteiger partial charge in [-0.15, -0.1) is 0 Å². The Morgan fingerprint density at radius 3 is 2.61 bits per heavy atom. The number of aliphatic hydroxyl groups excluding tert-OH is 1. The highest BCUT2D eigenvalue weighted by Gasteiger charge is 2.44. The molecule has 3 aromatic rings. The summed E-state index contributed by atoms with van der Waals surface area (Å²) in [7, 11) is 3.02. The molecule has 4 rings (SSSR count). The van der Waals surface area contributed by atoms with Crippen LogP contribution >= 0.6 is 11.6 Å². The van der Waals surface area contributed by atoms with E-state index in [1.54, 1.807) is 48.5 Å². The van der Waals surface area contributed by atoms with Crippen LogP contribution < -0.4 is 4.74 Å². The zero-order chi connectivity index (χ0) is 22.1. The Bertz CT molecular complexity index is 1180. The van der Waals surface area contributed by atoms with E-state index in [0.717, 1.165) is 0 Å². The molecule has 1 atom stereocenters. The summed E-state index contributed by atoms with van der Waals surface area (Å²) in [5.74, 6) is -1.35. The Hall–Kier alpha value is -3.29. The molecule has 2 heterocycles. The van der Waals surface area contributed by atoms with Gasteiger partial charge in [0.2, 0.25) is 5.78 Å². The first-order valence-corrected chi connectivity index (χ1v) is 9.93. The van der Waals surface area contributed by atoms with Crippen LogP contribution in [0.4, 0.5) is 0 Å². The second kappa shape index (κ2) is 8.45. The number of benzene rings is 2. The number of rotatable bonds is 7. The highest BCUT2D eigenvalue weighted by atomic mass is 35.5. The molecule has 0 bridgehead atoms. The summed E-state index contributed by atoms with van der Waals surface area (Å²) in [5, 5.41) is 11.8. The van der Waals surface area contributed by atoms with Crippen molar-refractivity contribution >= 4 is 34.3 Å². The van der Waals surface area contributed by atoms with Crippen LogP contribution in [0, 0.1) is 0 Å². The SMILES string of the molecule is COCCN1C(=O)C(O)=C(C(=O)c2cc3cccc(OC)c3o2)[C@H]1c1ccc(Cl)cc1. The molecule has 1 aliphatic heterocycles. The van der Waals surface area contributed by atoms with Crippen LogP contribution in [0.3, 0.4) is 0 Å². The Balaban J connectivity index is 1.80. The minimum atomic E-state index is -0.803. The first kappa shape index (κ1) is 21.0. The van der Waals surface area contributed by atoms with E-state index < -0.39 is 23.5 Å². The highest BCUT2D eigenvalue weighted by Crippen LogP contribution is 2.40. The third-order valence-electron chi connectivity index (χ3n) is 5.22. The largest absolute Gasteiger partial charge is 0.503 e. The number of carbonyl (C=O) groups is 2. The predicted molar refractivity (Wildman–Crippen MR) is 115 cm³/mol. The average molecular weight is 442 g/mol. The molecule has 160 valence electrons. The fourth-order valence-corrected chi connectivity index (χ4v) is 3.87. The van der Waals surface area contributed by atoms with Crippen molar-refractivity contribution in [1.82, 2.24) is 4.90 Å². The fourth-order valence-electron chi connectivity index (χ4n) is 3.74. The van der Waals surface area contributed by atoms with Gasteiger partial charge in [-0.05, 0) is 29.8 Å². The lowest BCUT2D eigenvalue weighted by Crippen LogP contribution is -2.33. The summed E-state index contributed by atoms with van der Waals surface area (Å²) >= 11 is 6.01. The molecule has 7 nitrogen and oxygen atoms in total. The summed E-state index contributed by atoms with van der Waals surface area (Å²) < 4.78 is 16.2. The molecule has 1 aliphatic rings. The number of ketones is 1. The van der Waals surface area contributed by atoms with Gasteiger partial charge in [0.1, 0.15) is 0 Å². The summed E-state index contributed by atoms with van der Waals surface area (Å²) in [6.45, 7) is 0.434. The molecule has 0 radical (unpaired) electrons. The summed E-state index contributed by atoms with van der Waals surface area (Å²) in [4.78, 5) is 27.7. The fraction of sp³-hybridized carbons (Fsp3) is 0.217. The number of hydrogen-bond donors (Lipinski definition) is 1. The van der Waals surface area contributed by atoms with Gasteiger partial charge in [0.25, 0.3) is 5.91 Å². The van der Waals surface area contributed by atoms with Gasteiger partial charge in [-0.25, -0.2) is 0 Å². The minimum Gasteiger partial charge on any atom is -0.503 e. The van der Waals surface area contributed by atoms with Crippen LogP contribution in [0.5, 0.6) is 5.75 Å². The Kier molecular flexibility index (Phi) is 5.71. The van der Waals surface area contributed by atoms with Gasteiger partial charge >= 0.3 is 0 Å². The number of para-hydroxylation sites is 1. The van der Waals surface area contributed by atoms with Gasteiger partial charge in [-0.3, -0.25) is 9.59 Å². The number of fused-ring (bicyclic) bond motifs is 1. The second-order valence-electron chi connectivity index (χ2n) is 7.03. The number of halogens is 1. The van der Waals surface area contributed by atoms with Crippen LogP contribution in [-0.4, -0.2) is 49.1 Å². The van der Waals surface area contributed by atoms with Crippen molar-refractivity contribution in [2.75, 3.05) is 27.4 Å². The van der Waals surface area contributed by atoms with Crippen LogP contribution in [0.1, 0.15) is 22.2 Å². The molecule has 0 saturated carbocycles. The van der Waals surface area contributed by atoms with Crippen LogP contribution in [-0.2, 0) is 9.53 Å². The zero-order valence-corrected chi connectivity index (χ0v) is 17.7. The number of Topliss-reactive ketones (excluding diaryl/α,β-unsaturated/α-hetero) is 1. The topological polar surface area (TPSA) is 89.2 Å². The molecule has 0 unspecified atom stereocenters. The minimum absolute atomic E-state index is 0.00130. The number of methoxy groups -OCH3 is 2. The quantitative estimate of drug-likeness (QED) is 0.549. The third kappa shape index (κ3) is 3.66. The van der Waals surface area contributed by atoms with E-state index in [1.807, 2.05) is 0 Å². The first-order chi connectivity index (χ1) is 15.0. The van der Waals surface area contributed by atoms with E-state index in [0.29, 0.717) is 27.3 Å². The Morgan fingerprint density at radius 2 is 1.94 bits per heavy atom. The number of carbonyl (C=O) groups excluding carboxylic acids is 2. The molecule has 0 aliphatic carbocycles. The standard InChI is InChI=1S/C23H20ClNO6/c1-29-11-10-25-19(13-6-8-15(24)9-7-13)18(21(27)23(25)28)20(26)17-12-14-4-3-5-16(30-2)22(14)31-17/h3-9,12,19,27H,10-11H2,1-2H3/t19-/m1/s1. The van der Waals surface area contributed by atoms with E-state index in [9.17, 15) is 14.7 Å². The number of furan rings is 1. The van der Waals surface area contributed by atoms with Crippen LogP contribution in [0.2, 0.25) is 5.02 Å². The molecule has 0 saturated heterocycles. The molecule has 31 heavy (non-hydrogen) atoms. The van der Waals surface area contributed by atoms with Gasteiger partial charge in [0, 0.05) is 24.1 Å². The normalized spacial score (nSPS) is 16.4. The van der Waals surface area contributed by atoms with E-state index in [2.05, 4.69) is 0 Å². The lowest BCUT2D eigenvalue weighted by molar-refractivity contribution is -0.130. The molecule has 0 fully saturated rings. The van der Waals surface area contributed by atoms with Gasteiger partial charge in [-0.2, -0.15) is 0 Å². The van der Waals surface area contributed by atoms with Crippen LogP contribution in [0.15, 0.2) is 64.3 Å². The smallest absolute Gasteiger partial charge is 0.290 e. The molecule has 1 N–H and O–H groups in total. The van der Waals surface area contributed by atoms with Crippen molar-refractivity contribution < 1.29 is 28.6 Å². The van der Waals surface area contributed by atoms with Crippen molar-refractivity contribution in [2.24, 2.45) is 0 Å². The number of ether oxygens (including phenoxy) is 2. The van der Waals surface area contributed by atoms with Gasteiger partial charge < -0.3 is 23.9 Å². The highest BCUT2D eigenvalue weighted by molar-refractivity contribution is 6.30. The van der Waals surface area contributed by atoms with Gasteiger partial charge in [0.05, 0.1) is 25.3 Å². The maximum atomic E-state index is 13.5. The van der Waals surface area contributed by atoms with Crippen molar-refractivity contribution in [2.45, 2.75) is 6.04 Å². The first-order valence-electron chi connectivity index (χ1n) is 9.56. The maximum absolute atomic E-state index is 13.5. The molecule has 1 amide bonds. The zero-order valence-electron chi connectivity index (χ0n) is 16.9. The van der Waals surface area contributed by atoms with Crippen molar-refractivity contribution in [1.29, 1.82) is 0 Å². The number of amides is 1. The summed E-state index contributed by atoms with van der Waals surface area (Å²) in [6.07, 6.45) is 0. The molecular weight excluding hydrogens is 422 g/mol. The predicted octanol–water partition coefficient (Wildman–Crippen LogP) is 4.32. The average Bonchev–Trinajstić information content (AvgIpc) is 3.32. The monoisotopic (exact) mass is 441 g/mol. The van der Waals surface area contributed by atoms with E-state index in [4.69, 9.17) is 25.5 Å². The molecule has 1 aromatic heterocycles. The van der Waals surface area contributed by atoms with Gasteiger partial charge in [-0.1, -0.05) is 35.9 Å². The molecule has 0 spiro atoms. The second-order valence-corrected chi connectivity index (χ2v) is 7.46. The van der Waals surface area contributed by atoms with E-state index >= 15 is 0 Å². The Morgan fingerprint density at radius 1 is 1.19 bits per heavy atom. The van der Waals surface area contributed by atoms with E-state index in [-0.39, 0.29) is 24.5 Å². The van der Waals surface area contributed by atoms with E-state index in [1.165, 1.54) is 19.1 Å².